The Bertz CT molecular complexity index is 1390. The van der Waals surface area contributed by atoms with E-state index in [4.69, 9.17) is 12.2 Å². The van der Waals surface area contributed by atoms with Crippen LogP contribution in [0.4, 0.5) is 5.69 Å². The third-order valence-corrected chi connectivity index (χ3v) is 7.52. The molecule has 0 radical (unpaired) electrons. The molecule has 1 amide bonds. The lowest BCUT2D eigenvalue weighted by atomic mass is 10.0. The highest BCUT2D eigenvalue weighted by Crippen LogP contribution is 2.39. The van der Waals surface area contributed by atoms with Crippen LogP contribution in [0.5, 0.6) is 0 Å². The van der Waals surface area contributed by atoms with Gasteiger partial charge in [-0.05, 0) is 78.8 Å². The molecule has 4 aromatic rings. The Morgan fingerprint density at radius 3 is 2.59 bits per heavy atom. The summed E-state index contributed by atoms with van der Waals surface area (Å²) in [5, 5.41) is 7.18. The molecule has 188 valence electrons. The normalized spacial score (nSPS) is 17.0. The van der Waals surface area contributed by atoms with E-state index >= 15 is 0 Å². The summed E-state index contributed by atoms with van der Waals surface area (Å²) in [6.45, 7) is 2.56. The molecule has 0 bridgehead atoms. The molecule has 2 aromatic carbocycles. The van der Waals surface area contributed by atoms with E-state index in [0.29, 0.717) is 18.1 Å². The van der Waals surface area contributed by atoms with E-state index < -0.39 is 0 Å². The molecule has 3 heterocycles. The van der Waals surface area contributed by atoms with Crippen molar-refractivity contribution in [3.8, 4) is 5.69 Å². The lowest BCUT2D eigenvalue weighted by Gasteiger charge is -2.29. The maximum Gasteiger partial charge on any atom is 0.226 e. The lowest BCUT2D eigenvalue weighted by Crippen LogP contribution is -2.33. The van der Waals surface area contributed by atoms with Crippen molar-refractivity contribution in [2.45, 2.75) is 31.8 Å². The molecule has 1 fully saturated rings. The van der Waals surface area contributed by atoms with Crippen LogP contribution in [0.15, 0.2) is 95.7 Å². The number of hydrogen-bond acceptors (Lipinski definition) is 3. The average molecular weight is 575 g/mol. The van der Waals surface area contributed by atoms with E-state index in [0.717, 1.165) is 39.2 Å². The van der Waals surface area contributed by atoms with Crippen molar-refractivity contribution < 1.29 is 4.79 Å². The Labute approximate surface area is 230 Å². The minimum absolute atomic E-state index is 0.0352. The summed E-state index contributed by atoms with van der Waals surface area (Å²) >= 11 is 9.33. The Hall–Kier alpha value is -3.49. The molecule has 1 saturated heterocycles. The van der Waals surface area contributed by atoms with Gasteiger partial charge in [-0.1, -0.05) is 47.1 Å². The van der Waals surface area contributed by atoms with Crippen LogP contribution in [0, 0.1) is 0 Å². The molecular formula is C29H28BrN5OS. The molecule has 0 aliphatic carbocycles. The zero-order valence-electron chi connectivity index (χ0n) is 20.5. The number of benzene rings is 2. The molecule has 6 nitrogen and oxygen atoms in total. The van der Waals surface area contributed by atoms with Gasteiger partial charge in [0, 0.05) is 46.9 Å². The van der Waals surface area contributed by atoms with E-state index in [-0.39, 0.29) is 18.0 Å². The minimum atomic E-state index is -0.151. The summed E-state index contributed by atoms with van der Waals surface area (Å²) in [6.07, 6.45) is 5.02. The predicted octanol–water partition coefficient (Wildman–Crippen LogP) is 6.20. The quantitative estimate of drug-likeness (QED) is 0.246. The van der Waals surface area contributed by atoms with Crippen molar-refractivity contribution in [3.05, 3.63) is 113 Å². The fourth-order valence-electron chi connectivity index (χ4n) is 4.83. The minimum Gasteiger partial charge on any atom is -0.352 e. The highest BCUT2D eigenvalue weighted by atomic mass is 79.9. The number of halogens is 1. The van der Waals surface area contributed by atoms with Crippen LogP contribution < -0.4 is 10.6 Å². The van der Waals surface area contributed by atoms with Crippen LogP contribution in [0.1, 0.15) is 42.4 Å². The SMILES string of the molecule is CCc1ccccc1NC(=O)CCN1C(=S)N[C@@H](c2ccccn2)[C@H]1c1cccn1-c1ccc(Br)cc1. The van der Waals surface area contributed by atoms with Crippen molar-refractivity contribution in [3.63, 3.8) is 0 Å². The summed E-state index contributed by atoms with van der Waals surface area (Å²) < 4.78 is 3.20. The van der Waals surface area contributed by atoms with Crippen LogP contribution in [0.3, 0.4) is 0 Å². The molecule has 0 spiro atoms. The van der Waals surface area contributed by atoms with E-state index in [9.17, 15) is 4.79 Å². The first-order valence-corrected chi connectivity index (χ1v) is 13.5. The molecule has 0 saturated carbocycles. The number of para-hydroxylation sites is 1. The smallest absolute Gasteiger partial charge is 0.226 e. The van der Waals surface area contributed by atoms with Crippen molar-refractivity contribution >= 4 is 44.9 Å². The molecule has 0 unspecified atom stereocenters. The van der Waals surface area contributed by atoms with Crippen LogP contribution in [0.2, 0.25) is 0 Å². The number of carbonyl (C=O) groups excluding carboxylic acids is 1. The standard InChI is InChI=1S/C29H28BrN5OS/c1-2-20-8-3-4-9-23(20)32-26(36)16-19-35-28(27(33-29(35)37)24-10-5-6-17-31-24)25-11-7-18-34(25)22-14-12-21(30)13-15-22/h3-15,17-18,27-28H,2,16,19H2,1H3,(H,32,36)(H,33,37)/t27-,28+/m0/s1. The monoisotopic (exact) mass is 573 g/mol. The van der Waals surface area contributed by atoms with Gasteiger partial charge in [-0.2, -0.15) is 0 Å². The average Bonchev–Trinajstić information content (AvgIpc) is 3.53. The Morgan fingerprint density at radius 2 is 1.84 bits per heavy atom. The number of thiocarbonyl (C=S) groups is 1. The number of amides is 1. The van der Waals surface area contributed by atoms with Crippen LogP contribution in [0.25, 0.3) is 5.69 Å². The second-order valence-electron chi connectivity index (χ2n) is 8.91. The number of anilines is 1. The summed E-state index contributed by atoms with van der Waals surface area (Å²) in [6, 6.07) is 25.9. The largest absolute Gasteiger partial charge is 0.352 e. The van der Waals surface area contributed by atoms with Gasteiger partial charge in [-0.15, -0.1) is 0 Å². The van der Waals surface area contributed by atoms with E-state index in [1.165, 1.54) is 0 Å². The number of aromatic nitrogens is 2. The fraction of sp³-hybridized carbons (Fsp3) is 0.207. The molecule has 1 aliphatic heterocycles. The summed E-state index contributed by atoms with van der Waals surface area (Å²) in [4.78, 5) is 19.7. The zero-order valence-corrected chi connectivity index (χ0v) is 22.9. The number of aryl methyl sites for hydroxylation is 1. The second-order valence-corrected chi connectivity index (χ2v) is 10.2. The van der Waals surface area contributed by atoms with E-state index in [1.807, 2.05) is 60.7 Å². The molecule has 2 aromatic heterocycles. The topological polar surface area (TPSA) is 62.2 Å². The Morgan fingerprint density at radius 1 is 1.05 bits per heavy atom. The summed E-state index contributed by atoms with van der Waals surface area (Å²) in [7, 11) is 0. The van der Waals surface area contributed by atoms with Gasteiger partial charge in [0.15, 0.2) is 5.11 Å². The Kier molecular flexibility index (Phi) is 7.67. The number of rotatable bonds is 8. The van der Waals surface area contributed by atoms with Gasteiger partial charge < -0.3 is 20.1 Å². The fourth-order valence-corrected chi connectivity index (χ4v) is 5.42. The highest BCUT2D eigenvalue weighted by molar-refractivity contribution is 9.10. The van der Waals surface area contributed by atoms with Gasteiger partial charge in [0.2, 0.25) is 5.91 Å². The highest BCUT2D eigenvalue weighted by Gasteiger charge is 2.41. The zero-order chi connectivity index (χ0) is 25.8. The number of hydrogen-bond donors (Lipinski definition) is 2. The van der Waals surface area contributed by atoms with Crippen molar-refractivity contribution in [1.82, 2.24) is 19.8 Å². The maximum absolute atomic E-state index is 13.0. The summed E-state index contributed by atoms with van der Waals surface area (Å²) in [5.41, 5.74) is 5.01. The predicted molar refractivity (Wildman–Crippen MR) is 155 cm³/mol. The first kappa shape index (κ1) is 25.2. The summed E-state index contributed by atoms with van der Waals surface area (Å²) in [5.74, 6) is -0.0352. The van der Waals surface area contributed by atoms with Gasteiger partial charge in [0.1, 0.15) is 0 Å². The molecule has 37 heavy (non-hydrogen) atoms. The van der Waals surface area contributed by atoms with Crippen LogP contribution in [-0.4, -0.2) is 32.0 Å². The number of nitrogens with one attached hydrogen (secondary N) is 2. The van der Waals surface area contributed by atoms with Crippen LogP contribution >= 0.6 is 28.1 Å². The van der Waals surface area contributed by atoms with Gasteiger partial charge in [0.05, 0.1) is 17.8 Å². The molecule has 5 rings (SSSR count). The van der Waals surface area contributed by atoms with Gasteiger partial charge in [-0.3, -0.25) is 9.78 Å². The van der Waals surface area contributed by atoms with Gasteiger partial charge in [-0.25, -0.2) is 0 Å². The van der Waals surface area contributed by atoms with Gasteiger partial charge >= 0.3 is 0 Å². The molecule has 2 atom stereocenters. The molecular weight excluding hydrogens is 546 g/mol. The molecule has 8 heteroatoms. The van der Waals surface area contributed by atoms with Crippen molar-refractivity contribution in [1.29, 1.82) is 0 Å². The molecule has 1 aliphatic rings. The van der Waals surface area contributed by atoms with Gasteiger partial charge in [0.25, 0.3) is 0 Å². The van der Waals surface area contributed by atoms with Crippen molar-refractivity contribution in [2.75, 3.05) is 11.9 Å². The third-order valence-electron chi connectivity index (χ3n) is 6.64. The van der Waals surface area contributed by atoms with Crippen molar-refractivity contribution in [2.24, 2.45) is 0 Å². The first-order chi connectivity index (χ1) is 18.0. The lowest BCUT2D eigenvalue weighted by molar-refractivity contribution is -0.116. The second kappa shape index (κ2) is 11.3. The van der Waals surface area contributed by atoms with Crippen LogP contribution in [-0.2, 0) is 11.2 Å². The van der Waals surface area contributed by atoms with E-state index in [1.54, 1.807) is 6.20 Å². The third kappa shape index (κ3) is 5.45. The number of pyridine rings is 1. The number of carbonyl (C=O) groups is 1. The molecule has 2 N–H and O–H groups in total. The van der Waals surface area contributed by atoms with E-state index in [2.05, 4.69) is 72.3 Å². The number of nitrogens with zero attached hydrogens (tertiary/aromatic N) is 3. The Balaban J connectivity index is 1.43. The maximum atomic E-state index is 13.0. The first-order valence-electron chi connectivity index (χ1n) is 12.3.